The van der Waals surface area contributed by atoms with E-state index in [-0.39, 0.29) is 50.0 Å². The van der Waals surface area contributed by atoms with Gasteiger partial charge in [-0.25, -0.2) is 0 Å². The van der Waals surface area contributed by atoms with E-state index in [1.807, 2.05) is 0 Å². The van der Waals surface area contributed by atoms with Gasteiger partial charge >= 0.3 is 0 Å². The lowest BCUT2D eigenvalue weighted by molar-refractivity contribution is 0.569. The van der Waals surface area contributed by atoms with Crippen molar-refractivity contribution in [2.24, 2.45) is 0 Å². The third kappa shape index (κ3) is 13.2. The normalized spacial score (nSPS) is 13.7. The third-order valence-electron chi connectivity index (χ3n) is 22.9. The van der Waals surface area contributed by atoms with Gasteiger partial charge in [-0.1, -0.05) is 294 Å². The molecule has 2 aliphatic heterocycles. The maximum atomic E-state index is 5.87. The molecule has 5 nitrogen and oxygen atoms in total. The highest BCUT2D eigenvalue weighted by Gasteiger charge is 2.47. The van der Waals surface area contributed by atoms with Crippen LogP contribution in [0.2, 0.25) is 0 Å². The maximum Gasteiger partial charge on any atom is 0.252 e. The number of hydrogen-bond acceptors (Lipinski definition) is 4. The summed E-state index contributed by atoms with van der Waals surface area (Å²) in [6, 6.07) is 89.8. The molecule has 0 atom stereocenters. The largest absolute Gasteiger partial charge is 0.310 e. The van der Waals surface area contributed by atoms with Crippen LogP contribution in [0.5, 0.6) is 0 Å². The Morgan fingerprint density at radius 2 is 0.657 bits per heavy atom. The zero-order chi connectivity index (χ0) is 77.1. The molecule has 15 rings (SSSR count). The molecule has 0 saturated carbocycles. The molecule has 10 aromatic carbocycles. The summed E-state index contributed by atoms with van der Waals surface area (Å²) in [7, 11) is 0. The number of hydrogen-bond donors (Lipinski definition) is 0. The number of benzene rings is 10. The summed E-state index contributed by atoms with van der Waals surface area (Å²) in [5.74, 6) is 0. The molecule has 5 heterocycles. The Morgan fingerprint density at radius 1 is 0.259 bits per heavy atom. The molecule has 0 bridgehead atoms. The summed E-state index contributed by atoms with van der Waals surface area (Å²) in [6.07, 6.45) is 0. The summed E-state index contributed by atoms with van der Waals surface area (Å²) >= 11 is 0. The topological polar surface area (TPSA) is 37.2 Å². The van der Waals surface area contributed by atoms with E-state index in [2.05, 4.69) is 411 Å². The predicted octanol–water partition coefficient (Wildman–Crippen LogP) is 26.4. The predicted molar refractivity (Wildman–Crippen MR) is 467 cm³/mol. The molecular weight excluding hydrogens is 1310 g/mol. The highest BCUT2D eigenvalue weighted by molar-refractivity contribution is 7.00. The van der Waals surface area contributed by atoms with Crippen LogP contribution in [0.15, 0.2) is 231 Å². The summed E-state index contributed by atoms with van der Waals surface area (Å²) in [4.78, 5) is 17.2. The average Bonchev–Trinajstić information content (AvgIpc) is 1.01. The molecule has 0 spiro atoms. The molecule has 0 N–H and O–H groups in total. The summed E-state index contributed by atoms with van der Waals surface area (Å²) < 4.78 is 2.56. The van der Waals surface area contributed by atoms with Gasteiger partial charge in [0.15, 0.2) is 0 Å². The van der Waals surface area contributed by atoms with E-state index in [0.717, 1.165) is 84.8 Å². The minimum absolute atomic E-state index is 0.0133. The van der Waals surface area contributed by atoms with E-state index in [0.29, 0.717) is 0 Å². The fourth-order valence-electron chi connectivity index (χ4n) is 16.3. The van der Waals surface area contributed by atoms with E-state index in [9.17, 15) is 0 Å². The standard InChI is InChI=1S/C102H110BN5/c1-95(2,3)67-44-41-63(42-45-67)66-43-50-86-81(53-66)103-80-49-48-73(106-84-51-46-68(96(4,5)6)54-76(84)77-55-69(97(7,8)9)47-52-85(77)106)62-87(80)108(94-78(82-37-31-39-90(104-82)101(19,20)21)58-71(99(13,14)15)59-79(94)83-38-32-40-91(105-83)102(22,23)24)89-61-72(100(16,17)18)60-88(92(89)103)107(86)93-74(64-33-27-25-28-34-64)56-70(98(10,11)12)57-75(93)65-35-29-26-30-36-65/h25-62H,1-24H3. The Kier molecular flexibility index (Phi) is 17.6. The SMILES string of the molecule is CC(C)(C)c1ccc(-c2ccc3c(c2)B2c4ccc(-n5c6ccc(C(C)(C)C)cc6c6cc(C(C)(C)C)ccc65)cc4N(c4c(-c5cccc(C(C)(C)C)n5)cc(C(C)(C)C)cc4-c4cccc(C(C)(C)C)n4)c4cc(C(C)(C)C)cc(c42)N3c2c(-c3ccccc3)cc(C(C)(C)C)cc2-c2ccccc2)cc1. The lowest BCUT2D eigenvalue weighted by atomic mass is 9.33. The van der Waals surface area contributed by atoms with Crippen LogP contribution >= 0.6 is 0 Å². The quantitative estimate of drug-likeness (QED) is 0.142. The van der Waals surface area contributed by atoms with Gasteiger partial charge in [0, 0.05) is 83.7 Å². The summed E-state index contributed by atoms with van der Waals surface area (Å²) in [5.41, 5.74) is 33.0. The molecule has 0 aliphatic carbocycles. The Bertz CT molecular complexity index is 5480. The maximum absolute atomic E-state index is 5.87. The Morgan fingerprint density at radius 3 is 1.09 bits per heavy atom. The van der Waals surface area contributed by atoms with E-state index >= 15 is 0 Å². The average molecular weight is 1420 g/mol. The van der Waals surface area contributed by atoms with Crippen LogP contribution in [0.4, 0.5) is 34.1 Å². The van der Waals surface area contributed by atoms with E-state index in [1.54, 1.807) is 0 Å². The van der Waals surface area contributed by atoms with Crippen molar-refractivity contribution in [3.05, 3.63) is 275 Å². The molecule has 0 radical (unpaired) electrons. The minimum atomic E-state index is -0.349. The van der Waals surface area contributed by atoms with Crippen molar-refractivity contribution in [2.75, 3.05) is 9.80 Å². The molecule has 13 aromatic rings. The number of nitrogens with zero attached hydrogens (tertiary/aromatic N) is 5. The highest BCUT2D eigenvalue weighted by Crippen LogP contribution is 2.56. The van der Waals surface area contributed by atoms with Gasteiger partial charge in [-0.15, -0.1) is 0 Å². The molecule has 0 fully saturated rings. The molecule has 0 unspecified atom stereocenters. The molecule has 108 heavy (non-hydrogen) atoms. The summed E-state index contributed by atoms with van der Waals surface area (Å²) in [5, 5.41) is 2.51. The third-order valence-corrected chi connectivity index (χ3v) is 22.9. The first-order valence-electron chi connectivity index (χ1n) is 39.3. The molecule has 2 aliphatic rings. The van der Waals surface area contributed by atoms with Crippen molar-refractivity contribution < 1.29 is 0 Å². The van der Waals surface area contributed by atoms with Crippen molar-refractivity contribution in [1.29, 1.82) is 0 Å². The van der Waals surface area contributed by atoms with Crippen molar-refractivity contribution >= 4 is 79.0 Å². The second-order valence-electron chi connectivity index (χ2n) is 39.3. The molecule has 6 heteroatoms. The van der Waals surface area contributed by atoms with Crippen LogP contribution in [-0.2, 0) is 43.3 Å². The van der Waals surface area contributed by atoms with Gasteiger partial charge in [-0.2, -0.15) is 0 Å². The smallest absolute Gasteiger partial charge is 0.252 e. The highest BCUT2D eigenvalue weighted by atomic mass is 15.2. The van der Waals surface area contributed by atoms with Gasteiger partial charge in [0.05, 0.1) is 33.8 Å². The molecular formula is C102H110BN5. The molecule has 0 saturated heterocycles. The van der Waals surface area contributed by atoms with E-state index in [4.69, 9.17) is 9.97 Å². The van der Waals surface area contributed by atoms with E-state index < -0.39 is 0 Å². The van der Waals surface area contributed by atoms with Crippen LogP contribution in [0.1, 0.15) is 211 Å². The minimum Gasteiger partial charge on any atom is -0.310 e. The van der Waals surface area contributed by atoms with Crippen molar-refractivity contribution in [1.82, 2.24) is 14.5 Å². The molecule has 0 amide bonds. The fourth-order valence-corrected chi connectivity index (χ4v) is 16.3. The Hall–Kier alpha value is -10.0. The number of anilines is 6. The number of fused-ring (bicyclic) bond motifs is 7. The van der Waals surface area contributed by atoms with Gasteiger partial charge in [0.1, 0.15) is 0 Å². The Balaban J connectivity index is 1.17. The first kappa shape index (κ1) is 73.5. The van der Waals surface area contributed by atoms with E-state index in [1.165, 1.54) is 93.8 Å². The number of pyridine rings is 2. The molecule has 546 valence electrons. The molecule has 3 aromatic heterocycles. The van der Waals surface area contributed by atoms with Crippen LogP contribution in [0.25, 0.3) is 83.4 Å². The van der Waals surface area contributed by atoms with Gasteiger partial charge < -0.3 is 14.4 Å². The lowest BCUT2D eigenvalue weighted by Gasteiger charge is -2.46. The zero-order valence-corrected chi connectivity index (χ0v) is 68.8. The van der Waals surface area contributed by atoms with Crippen LogP contribution < -0.4 is 26.2 Å². The van der Waals surface area contributed by atoms with Gasteiger partial charge in [-0.3, -0.25) is 9.97 Å². The van der Waals surface area contributed by atoms with Crippen LogP contribution in [-0.4, -0.2) is 21.2 Å². The second-order valence-corrected chi connectivity index (χ2v) is 39.3. The Labute approximate surface area is 645 Å². The lowest BCUT2D eigenvalue weighted by Crippen LogP contribution is -2.61. The van der Waals surface area contributed by atoms with Crippen LogP contribution in [0, 0.1) is 0 Å². The number of rotatable bonds is 8. The van der Waals surface area contributed by atoms with Gasteiger partial charge in [-0.05, 0) is 208 Å². The monoisotopic (exact) mass is 1420 g/mol. The van der Waals surface area contributed by atoms with Crippen LogP contribution in [0.3, 0.4) is 0 Å². The van der Waals surface area contributed by atoms with Crippen molar-refractivity contribution in [2.45, 2.75) is 209 Å². The first-order valence-corrected chi connectivity index (χ1v) is 39.3. The second kappa shape index (κ2) is 25.8. The zero-order valence-electron chi connectivity index (χ0n) is 68.8. The van der Waals surface area contributed by atoms with Crippen molar-refractivity contribution in [3.63, 3.8) is 0 Å². The fraction of sp³-hybridized carbons (Fsp3) is 0.314. The summed E-state index contributed by atoms with van der Waals surface area (Å²) in [6.45, 7) is 55.7. The number of aromatic nitrogens is 3. The first-order chi connectivity index (χ1) is 50.6. The van der Waals surface area contributed by atoms with Gasteiger partial charge in [0.2, 0.25) is 0 Å². The van der Waals surface area contributed by atoms with Crippen molar-refractivity contribution in [3.8, 4) is 61.6 Å². The van der Waals surface area contributed by atoms with Gasteiger partial charge in [0.25, 0.3) is 6.71 Å².